The Morgan fingerprint density at radius 1 is 1.00 bits per heavy atom. The second-order valence-corrected chi connectivity index (χ2v) is 16.1. The van der Waals surface area contributed by atoms with Crippen LogP contribution in [-0.4, -0.2) is 30.6 Å². The molecule has 0 amide bonds. The Hall–Kier alpha value is 0.354. The quantitative estimate of drug-likeness (QED) is 0.578. The summed E-state index contributed by atoms with van der Waals surface area (Å²) < 4.78 is 10.5. The average Bonchev–Trinajstić information content (AvgIpc) is 1.65. The summed E-state index contributed by atoms with van der Waals surface area (Å²) in [6.07, 6.45) is 0. The van der Waals surface area contributed by atoms with Gasteiger partial charge in [0.2, 0.25) is 0 Å². The van der Waals surface area contributed by atoms with Crippen molar-refractivity contribution in [3.63, 3.8) is 0 Å². The Morgan fingerprint density at radius 3 is 1.33 bits per heavy atom. The van der Waals surface area contributed by atoms with E-state index in [2.05, 4.69) is 19.6 Å². The molecular weight excluding hydrogens is 148 g/mol. The molecule has 0 N–H and O–H groups in total. The fraction of sp³-hybridized carbons (Fsp3) is 1.00. The van der Waals surface area contributed by atoms with Gasteiger partial charge in [0.1, 0.15) is 7.59 Å². The lowest BCUT2D eigenvalue weighted by atomic mass is 11.8. The van der Waals surface area contributed by atoms with Gasteiger partial charge in [-0.15, -0.1) is 0 Å². The minimum Gasteiger partial charge on any atom is -0.402 e. The molecule has 0 aliphatic rings. The Labute approximate surface area is 59.8 Å². The highest BCUT2D eigenvalue weighted by molar-refractivity contribution is 7.26. The molecule has 0 aromatic rings. The van der Waals surface area contributed by atoms with Gasteiger partial charge in [-0.2, -0.15) is 0 Å². The minimum absolute atomic E-state index is 1.09. The van der Waals surface area contributed by atoms with E-state index in [0.717, 1.165) is 0 Å². The molecule has 0 aliphatic carbocycles. The van der Waals surface area contributed by atoms with Crippen LogP contribution in [0, 0.1) is 0 Å². The molecule has 0 bridgehead atoms. The molecule has 4 heteroatoms. The lowest BCUT2D eigenvalue weighted by molar-refractivity contribution is 0.296. The van der Waals surface area contributed by atoms with E-state index >= 15 is 0 Å². The summed E-state index contributed by atoms with van der Waals surface area (Å²) in [5.74, 6) is 0. The summed E-state index contributed by atoms with van der Waals surface area (Å²) in [7, 11) is 1.16. The molecule has 0 spiro atoms. The van der Waals surface area contributed by atoms with Crippen molar-refractivity contribution in [3.05, 3.63) is 0 Å². The van der Waals surface area contributed by atoms with E-state index in [4.69, 9.17) is 8.85 Å². The maximum absolute atomic E-state index is 5.24. The van der Waals surface area contributed by atoms with Crippen molar-refractivity contribution in [2.24, 2.45) is 0 Å². The molecule has 0 aromatic heterocycles. The first-order valence-electron chi connectivity index (χ1n) is 3.08. The van der Waals surface area contributed by atoms with Crippen LogP contribution in [-0.2, 0) is 8.85 Å². The molecule has 9 heavy (non-hydrogen) atoms. The van der Waals surface area contributed by atoms with Crippen molar-refractivity contribution in [2.45, 2.75) is 19.6 Å². The van der Waals surface area contributed by atoms with Gasteiger partial charge < -0.3 is 8.85 Å². The zero-order valence-electron chi connectivity index (χ0n) is 6.89. The zero-order chi connectivity index (χ0) is 7.49. The first-order chi connectivity index (χ1) is 4.02. The third-order valence-corrected chi connectivity index (χ3v) is 9.06. The molecule has 0 atom stereocenters. The lowest BCUT2D eigenvalue weighted by Crippen LogP contribution is -2.46. The average molecular weight is 164 g/mol. The monoisotopic (exact) mass is 164 g/mol. The van der Waals surface area contributed by atoms with Crippen LogP contribution in [0.2, 0.25) is 19.6 Å². The maximum atomic E-state index is 5.24. The van der Waals surface area contributed by atoms with Crippen molar-refractivity contribution >= 4 is 16.4 Å². The van der Waals surface area contributed by atoms with Gasteiger partial charge in [-0.25, -0.2) is 0 Å². The van der Waals surface area contributed by atoms with E-state index in [9.17, 15) is 0 Å². The SMILES string of the molecule is CO[SiH](OC)[Si](C)(C)C. The van der Waals surface area contributed by atoms with E-state index in [1.165, 1.54) is 0 Å². The first-order valence-corrected chi connectivity index (χ1v) is 9.33. The van der Waals surface area contributed by atoms with Crippen LogP contribution in [0.3, 0.4) is 0 Å². The van der Waals surface area contributed by atoms with E-state index in [1.807, 2.05) is 0 Å². The Morgan fingerprint density at radius 2 is 1.33 bits per heavy atom. The van der Waals surface area contributed by atoms with Crippen LogP contribution in [0.15, 0.2) is 0 Å². The number of hydrogen-bond acceptors (Lipinski definition) is 2. The van der Waals surface area contributed by atoms with E-state index in [0.29, 0.717) is 0 Å². The topological polar surface area (TPSA) is 18.5 Å². The predicted octanol–water partition coefficient (Wildman–Crippen LogP) is 0.916. The highest BCUT2D eigenvalue weighted by Crippen LogP contribution is 2.06. The van der Waals surface area contributed by atoms with Gasteiger partial charge in [-0.1, -0.05) is 19.6 Å². The smallest absolute Gasteiger partial charge is 0.299 e. The van der Waals surface area contributed by atoms with Crippen molar-refractivity contribution < 1.29 is 8.85 Å². The Kier molecular flexibility index (Phi) is 3.64. The Bertz CT molecular complexity index is 75.5. The zero-order valence-corrected chi connectivity index (χ0v) is 9.05. The van der Waals surface area contributed by atoms with Gasteiger partial charge in [0.05, 0.1) is 0 Å². The molecule has 0 radical (unpaired) electrons. The standard InChI is InChI=1S/C5H16O2Si2/c1-6-8(7-2)9(3,4)5/h8H,1-5H3. The van der Waals surface area contributed by atoms with Gasteiger partial charge in [0.15, 0.2) is 0 Å². The van der Waals surface area contributed by atoms with Crippen LogP contribution in [0.4, 0.5) is 0 Å². The number of rotatable bonds is 3. The summed E-state index contributed by atoms with van der Waals surface area (Å²) in [5.41, 5.74) is 0. The molecule has 0 saturated heterocycles. The van der Waals surface area contributed by atoms with E-state index in [-0.39, 0.29) is 0 Å². The summed E-state index contributed by atoms with van der Waals surface area (Å²) in [6, 6.07) is 0. The third kappa shape index (κ3) is 3.15. The molecule has 0 aliphatic heterocycles. The molecule has 0 aromatic carbocycles. The largest absolute Gasteiger partial charge is 0.402 e. The molecule has 0 unspecified atom stereocenters. The molecule has 0 heterocycles. The summed E-state index contributed by atoms with van der Waals surface area (Å²) >= 11 is 0. The Balaban J connectivity index is 3.79. The van der Waals surface area contributed by atoms with Gasteiger partial charge in [0.25, 0.3) is 8.80 Å². The highest BCUT2D eigenvalue weighted by atomic mass is 29.2. The van der Waals surface area contributed by atoms with Crippen LogP contribution >= 0.6 is 0 Å². The predicted molar refractivity (Wildman–Crippen MR) is 44.5 cm³/mol. The summed E-state index contributed by atoms with van der Waals surface area (Å²) in [4.78, 5) is 0. The van der Waals surface area contributed by atoms with Crippen LogP contribution in [0.25, 0.3) is 0 Å². The summed E-state index contributed by atoms with van der Waals surface area (Å²) in [5, 5.41) is 0. The van der Waals surface area contributed by atoms with Crippen molar-refractivity contribution in [1.29, 1.82) is 0 Å². The fourth-order valence-electron chi connectivity index (χ4n) is 0.803. The second-order valence-electron chi connectivity index (χ2n) is 3.17. The normalized spacial score (nSPS) is 12.7. The molecule has 56 valence electrons. The van der Waals surface area contributed by atoms with Crippen LogP contribution in [0.1, 0.15) is 0 Å². The van der Waals surface area contributed by atoms with E-state index in [1.54, 1.807) is 14.2 Å². The van der Waals surface area contributed by atoms with Crippen molar-refractivity contribution in [3.8, 4) is 0 Å². The first kappa shape index (κ1) is 9.35. The van der Waals surface area contributed by atoms with Gasteiger partial charge in [-0.3, -0.25) is 0 Å². The molecule has 2 nitrogen and oxygen atoms in total. The van der Waals surface area contributed by atoms with Crippen LogP contribution < -0.4 is 0 Å². The van der Waals surface area contributed by atoms with Crippen molar-refractivity contribution in [2.75, 3.05) is 14.2 Å². The summed E-state index contributed by atoms with van der Waals surface area (Å²) in [6.45, 7) is 6.82. The molecule has 0 fully saturated rings. The minimum atomic E-state index is -1.24. The lowest BCUT2D eigenvalue weighted by Gasteiger charge is -2.22. The molecule has 0 saturated carbocycles. The highest BCUT2D eigenvalue weighted by Gasteiger charge is 2.29. The molecule has 0 rings (SSSR count). The van der Waals surface area contributed by atoms with Gasteiger partial charge >= 0.3 is 0 Å². The second kappa shape index (κ2) is 3.50. The maximum Gasteiger partial charge on any atom is 0.299 e. The third-order valence-electron chi connectivity index (χ3n) is 1.14. The van der Waals surface area contributed by atoms with Crippen LogP contribution in [0.5, 0.6) is 0 Å². The fourth-order valence-corrected chi connectivity index (χ4v) is 6.65. The molecular formula is C5H16O2Si2. The number of hydrogen-bond donors (Lipinski definition) is 0. The van der Waals surface area contributed by atoms with Gasteiger partial charge in [0, 0.05) is 14.2 Å². The van der Waals surface area contributed by atoms with E-state index < -0.39 is 16.4 Å². The van der Waals surface area contributed by atoms with Gasteiger partial charge in [-0.05, 0) is 0 Å². The van der Waals surface area contributed by atoms with Crippen molar-refractivity contribution in [1.82, 2.24) is 0 Å².